The molecular weight excluding hydrogens is 582 g/mol. The van der Waals surface area contributed by atoms with Gasteiger partial charge in [0.25, 0.3) is 5.91 Å². The molecule has 3 aromatic rings. The Balaban J connectivity index is 1.12. The third-order valence-corrected chi connectivity index (χ3v) is 8.91. The number of amides is 1. The normalized spacial score (nSPS) is 17.9. The zero-order valence-corrected chi connectivity index (χ0v) is 25.4. The SMILES string of the molecule is COc1cc(/C=C2/C(=N)N3C(c4ccccc4)=CSC3=NC2=O)cc(Cl)c1OCCOc1ccc(C2CCCCC2)cc1. The monoisotopic (exact) mass is 613 g/mol. The van der Waals surface area contributed by atoms with Gasteiger partial charge in [-0.15, -0.1) is 0 Å². The zero-order chi connectivity index (χ0) is 29.8. The van der Waals surface area contributed by atoms with E-state index in [1.807, 2.05) is 47.9 Å². The third-order valence-electron chi connectivity index (χ3n) is 7.80. The summed E-state index contributed by atoms with van der Waals surface area (Å²) >= 11 is 7.95. The highest BCUT2D eigenvalue weighted by atomic mass is 35.5. The Bertz CT molecular complexity index is 1610. The highest BCUT2D eigenvalue weighted by Crippen LogP contribution is 2.40. The van der Waals surface area contributed by atoms with Crippen LogP contribution in [0.4, 0.5) is 0 Å². The molecule has 0 spiro atoms. The molecule has 7 nitrogen and oxygen atoms in total. The number of halogens is 1. The molecule has 0 bridgehead atoms. The Labute approximate surface area is 260 Å². The summed E-state index contributed by atoms with van der Waals surface area (Å²) in [5.41, 5.74) is 3.87. The third kappa shape index (κ3) is 6.36. The molecule has 1 N–H and O–H groups in total. The van der Waals surface area contributed by atoms with Crippen molar-refractivity contribution >= 4 is 52.0 Å². The van der Waals surface area contributed by atoms with Crippen molar-refractivity contribution in [2.45, 2.75) is 38.0 Å². The molecule has 0 atom stereocenters. The van der Waals surface area contributed by atoms with Crippen LogP contribution in [0.3, 0.4) is 0 Å². The van der Waals surface area contributed by atoms with Crippen molar-refractivity contribution < 1.29 is 19.0 Å². The maximum atomic E-state index is 12.9. The molecule has 220 valence electrons. The fourth-order valence-corrected chi connectivity index (χ4v) is 6.78. The highest BCUT2D eigenvalue weighted by molar-refractivity contribution is 8.17. The molecular formula is C34H32ClN3O4S. The van der Waals surface area contributed by atoms with Gasteiger partial charge >= 0.3 is 0 Å². The van der Waals surface area contributed by atoms with E-state index < -0.39 is 5.91 Å². The molecule has 1 amide bonds. The number of fused-ring (bicyclic) bond motifs is 1. The van der Waals surface area contributed by atoms with E-state index in [2.05, 4.69) is 17.1 Å². The second kappa shape index (κ2) is 13.1. The van der Waals surface area contributed by atoms with Gasteiger partial charge in [0.15, 0.2) is 16.7 Å². The molecule has 9 heteroatoms. The lowest BCUT2D eigenvalue weighted by Gasteiger charge is -2.27. The van der Waals surface area contributed by atoms with Gasteiger partial charge in [-0.25, -0.2) is 0 Å². The van der Waals surface area contributed by atoms with Crippen LogP contribution in [0.5, 0.6) is 17.2 Å². The average molecular weight is 614 g/mol. The zero-order valence-electron chi connectivity index (χ0n) is 23.8. The van der Waals surface area contributed by atoms with Crippen molar-refractivity contribution in [2.24, 2.45) is 4.99 Å². The molecule has 0 aromatic heterocycles. The maximum absolute atomic E-state index is 12.9. The van der Waals surface area contributed by atoms with Crippen molar-refractivity contribution in [1.29, 1.82) is 5.41 Å². The van der Waals surface area contributed by atoms with E-state index in [1.54, 1.807) is 23.1 Å². The van der Waals surface area contributed by atoms with Crippen molar-refractivity contribution in [3.63, 3.8) is 0 Å². The molecule has 43 heavy (non-hydrogen) atoms. The Morgan fingerprint density at radius 1 is 1.02 bits per heavy atom. The molecule has 2 heterocycles. The van der Waals surface area contributed by atoms with E-state index in [1.165, 1.54) is 56.5 Å². The number of aliphatic imine (C=N–C) groups is 1. The fourth-order valence-electron chi connectivity index (χ4n) is 5.62. The minimum absolute atomic E-state index is 0.0504. The number of benzene rings is 3. The summed E-state index contributed by atoms with van der Waals surface area (Å²) in [6.07, 6.45) is 8.11. The Kier molecular flexibility index (Phi) is 8.86. The van der Waals surface area contributed by atoms with Crippen molar-refractivity contribution in [3.05, 3.63) is 99.4 Å². The molecule has 0 saturated heterocycles. The standard InChI is InChI=1S/C34H32ClN3O4S/c1-40-30-20-22(18-27-32(36)38-29(25-10-6-3-7-11-25)21-43-34(38)37-33(27)39)19-28(35)31(30)42-17-16-41-26-14-12-24(13-15-26)23-8-4-2-5-9-23/h3,6-7,10-15,18-21,23,36H,2,4-5,8-9,16-17H2,1H3/b27-18-,36-32?. The fraction of sp³-hybridized carbons (Fsp3) is 0.265. The van der Waals surface area contributed by atoms with E-state index in [0.717, 1.165) is 17.0 Å². The topological polar surface area (TPSA) is 84.2 Å². The Morgan fingerprint density at radius 3 is 2.51 bits per heavy atom. The van der Waals surface area contributed by atoms with Crippen LogP contribution in [0.25, 0.3) is 11.8 Å². The van der Waals surface area contributed by atoms with Gasteiger partial charge in [-0.1, -0.05) is 85.1 Å². The number of amidine groups is 2. The molecule has 6 rings (SSSR count). The lowest BCUT2D eigenvalue weighted by atomic mass is 9.84. The minimum Gasteiger partial charge on any atom is -0.493 e. The van der Waals surface area contributed by atoms with Crippen LogP contribution in [0.2, 0.25) is 5.02 Å². The predicted octanol–water partition coefficient (Wildman–Crippen LogP) is 8.16. The number of hydrogen-bond acceptors (Lipinski definition) is 6. The van der Waals surface area contributed by atoms with Gasteiger partial charge in [-0.3, -0.25) is 15.1 Å². The minimum atomic E-state index is -0.481. The Morgan fingerprint density at radius 2 is 1.77 bits per heavy atom. The van der Waals surface area contributed by atoms with Crippen LogP contribution in [-0.4, -0.2) is 42.1 Å². The van der Waals surface area contributed by atoms with Gasteiger partial charge in [0.05, 0.1) is 23.4 Å². The van der Waals surface area contributed by atoms with Crippen LogP contribution >= 0.6 is 23.4 Å². The second-order valence-electron chi connectivity index (χ2n) is 10.6. The van der Waals surface area contributed by atoms with Crippen molar-refractivity contribution in [2.75, 3.05) is 20.3 Å². The van der Waals surface area contributed by atoms with Gasteiger partial charge in [0.1, 0.15) is 24.8 Å². The summed E-state index contributed by atoms with van der Waals surface area (Å²) in [7, 11) is 1.53. The first-order chi connectivity index (χ1) is 21.0. The molecule has 1 saturated carbocycles. The van der Waals surface area contributed by atoms with Gasteiger partial charge in [-0.2, -0.15) is 4.99 Å². The number of thioether (sulfide) groups is 1. The van der Waals surface area contributed by atoms with Gasteiger partial charge < -0.3 is 14.2 Å². The van der Waals surface area contributed by atoms with E-state index in [0.29, 0.717) is 39.8 Å². The van der Waals surface area contributed by atoms with E-state index >= 15 is 0 Å². The quantitative estimate of drug-likeness (QED) is 0.194. The van der Waals surface area contributed by atoms with Gasteiger partial charge in [-0.05, 0) is 65.8 Å². The molecule has 2 aliphatic heterocycles. The molecule has 1 fully saturated rings. The van der Waals surface area contributed by atoms with Crippen LogP contribution in [-0.2, 0) is 4.79 Å². The predicted molar refractivity (Wildman–Crippen MR) is 173 cm³/mol. The molecule has 3 aliphatic rings. The highest BCUT2D eigenvalue weighted by Gasteiger charge is 2.36. The van der Waals surface area contributed by atoms with Crippen LogP contribution in [0, 0.1) is 5.41 Å². The number of nitrogens with zero attached hydrogens (tertiary/aromatic N) is 2. The number of ether oxygens (including phenoxy) is 3. The van der Waals surface area contributed by atoms with Crippen LogP contribution < -0.4 is 14.2 Å². The summed E-state index contributed by atoms with van der Waals surface area (Å²) in [6, 6.07) is 21.5. The molecule has 0 unspecified atom stereocenters. The summed E-state index contributed by atoms with van der Waals surface area (Å²) < 4.78 is 17.4. The van der Waals surface area contributed by atoms with Crippen molar-refractivity contribution in [3.8, 4) is 17.2 Å². The molecule has 1 aliphatic carbocycles. The number of nitrogens with one attached hydrogen (secondary N) is 1. The number of hydrogen-bond donors (Lipinski definition) is 1. The number of carbonyl (C=O) groups is 1. The number of methoxy groups -OCH3 is 1. The van der Waals surface area contributed by atoms with E-state index in [-0.39, 0.29) is 18.0 Å². The number of rotatable bonds is 9. The Hall–Kier alpha value is -4.01. The van der Waals surface area contributed by atoms with Crippen molar-refractivity contribution in [1.82, 2.24) is 4.90 Å². The summed E-state index contributed by atoms with van der Waals surface area (Å²) in [5.74, 6) is 1.83. The number of carbonyl (C=O) groups excluding carboxylic acids is 1. The first-order valence-electron chi connectivity index (χ1n) is 14.4. The van der Waals surface area contributed by atoms with E-state index in [9.17, 15) is 4.79 Å². The summed E-state index contributed by atoms with van der Waals surface area (Å²) in [4.78, 5) is 18.9. The first kappa shape index (κ1) is 29.1. The first-order valence-corrected chi connectivity index (χ1v) is 15.7. The molecule has 0 radical (unpaired) electrons. The van der Waals surface area contributed by atoms with Crippen LogP contribution in [0.1, 0.15) is 54.7 Å². The summed E-state index contributed by atoms with van der Waals surface area (Å²) in [6.45, 7) is 0.605. The van der Waals surface area contributed by atoms with Crippen LogP contribution in [0.15, 0.2) is 82.7 Å². The largest absolute Gasteiger partial charge is 0.493 e. The van der Waals surface area contributed by atoms with Gasteiger partial charge in [0.2, 0.25) is 0 Å². The molecule has 3 aromatic carbocycles. The smallest absolute Gasteiger partial charge is 0.283 e. The van der Waals surface area contributed by atoms with Gasteiger partial charge in [0, 0.05) is 5.41 Å². The second-order valence-corrected chi connectivity index (χ2v) is 11.8. The lowest BCUT2D eigenvalue weighted by Crippen LogP contribution is -2.38. The lowest BCUT2D eigenvalue weighted by molar-refractivity contribution is -0.114. The van der Waals surface area contributed by atoms with E-state index in [4.69, 9.17) is 31.2 Å². The summed E-state index contributed by atoms with van der Waals surface area (Å²) in [5, 5.41) is 11.6. The average Bonchev–Trinajstić information content (AvgIpc) is 3.47. The maximum Gasteiger partial charge on any atom is 0.283 e.